The van der Waals surface area contributed by atoms with Crippen molar-refractivity contribution in [2.45, 2.75) is 20.3 Å². The summed E-state index contributed by atoms with van der Waals surface area (Å²) in [5.74, 6) is 1.62. The quantitative estimate of drug-likeness (QED) is 0.686. The minimum atomic E-state index is 0.733. The van der Waals surface area contributed by atoms with Gasteiger partial charge < -0.3 is 9.15 Å². The molecule has 0 saturated carbocycles. The lowest BCUT2D eigenvalue weighted by atomic mass is 10.2. The van der Waals surface area contributed by atoms with Crippen LogP contribution in [0.15, 0.2) is 17.3 Å². The molecule has 2 heteroatoms. The molecule has 0 fully saturated rings. The van der Waals surface area contributed by atoms with Crippen LogP contribution >= 0.6 is 0 Å². The zero-order valence-electron chi connectivity index (χ0n) is 7.59. The molecule has 0 unspecified atom stereocenters. The van der Waals surface area contributed by atoms with Gasteiger partial charge in [-0.2, -0.15) is 0 Å². The van der Waals surface area contributed by atoms with Gasteiger partial charge >= 0.3 is 0 Å². The van der Waals surface area contributed by atoms with E-state index in [1.807, 2.05) is 6.92 Å². The van der Waals surface area contributed by atoms with Crippen LogP contribution in [0, 0.1) is 6.92 Å². The molecule has 0 bridgehead atoms. The van der Waals surface area contributed by atoms with Gasteiger partial charge in [-0.25, -0.2) is 0 Å². The van der Waals surface area contributed by atoms with E-state index in [2.05, 4.69) is 13.5 Å². The van der Waals surface area contributed by atoms with E-state index in [1.54, 1.807) is 12.3 Å². The van der Waals surface area contributed by atoms with Crippen LogP contribution in [0.5, 0.6) is 5.75 Å². The Hall–Kier alpha value is -1.18. The summed E-state index contributed by atoms with van der Waals surface area (Å²) in [7, 11) is 0. The van der Waals surface area contributed by atoms with Gasteiger partial charge in [0.1, 0.15) is 12.0 Å². The molecule has 1 aromatic rings. The highest BCUT2D eigenvalue weighted by molar-refractivity contribution is 5.49. The fraction of sp³-hybridized carbons (Fsp3) is 0.400. The molecular weight excluding hydrogens is 152 g/mol. The third-order valence-corrected chi connectivity index (χ3v) is 1.68. The zero-order chi connectivity index (χ0) is 8.97. The molecule has 1 aromatic heterocycles. The smallest absolute Gasteiger partial charge is 0.160 e. The highest BCUT2D eigenvalue weighted by Crippen LogP contribution is 2.24. The average molecular weight is 166 g/mol. The van der Waals surface area contributed by atoms with Gasteiger partial charge in [-0.05, 0) is 19.4 Å². The third kappa shape index (κ3) is 1.70. The van der Waals surface area contributed by atoms with Crippen LogP contribution in [0.25, 0.3) is 6.08 Å². The molecule has 0 saturated heterocycles. The first kappa shape index (κ1) is 8.91. The first-order valence-corrected chi connectivity index (χ1v) is 4.13. The zero-order valence-corrected chi connectivity index (χ0v) is 7.59. The second-order valence-electron chi connectivity index (χ2n) is 2.64. The van der Waals surface area contributed by atoms with Crippen molar-refractivity contribution >= 4 is 6.08 Å². The molecule has 0 spiro atoms. The van der Waals surface area contributed by atoms with E-state index in [1.165, 1.54) is 0 Å². The third-order valence-electron chi connectivity index (χ3n) is 1.68. The van der Waals surface area contributed by atoms with Crippen LogP contribution < -0.4 is 4.74 Å². The van der Waals surface area contributed by atoms with E-state index in [4.69, 9.17) is 9.15 Å². The number of rotatable bonds is 4. The molecule has 0 aromatic carbocycles. The van der Waals surface area contributed by atoms with Crippen molar-refractivity contribution in [2.75, 3.05) is 6.61 Å². The van der Waals surface area contributed by atoms with Crippen molar-refractivity contribution in [3.8, 4) is 5.75 Å². The van der Waals surface area contributed by atoms with Crippen molar-refractivity contribution in [3.63, 3.8) is 0 Å². The predicted molar refractivity (Wildman–Crippen MR) is 49.3 cm³/mol. The van der Waals surface area contributed by atoms with Crippen molar-refractivity contribution in [1.29, 1.82) is 0 Å². The Morgan fingerprint density at radius 3 is 2.92 bits per heavy atom. The van der Waals surface area contributed by atoms with Crippen LogP contribution in [0.1, 0.15) is 24.7 Å². The largest absolute Gasteiger partial charge is 0.490 e. The van der Waals surface area contributed by atoms with Crippen molar-refractivity contribution < 1.29 is 9.15 Å². The van der Waals surface area contributed by atoms with E-state index in [0.717, 1.165) is 30.1 Å². The molecule has 0 atom stereocenters. The average Bonchev–Trinajstić information content (AvgIpc) is 2.43. The molecule has 66 valence electrons. The number of hydrogen-bond donors (Lipinski definition) is 0. The van der Waals surface area contributed by atoms with E-state index in [9.17, 15) is 0 Å². The maximum Gasteiger partial charge on any atom is 0.160 e. The number of hydrogen-bond acceptors (Lipinski definition) is 2. The van der Waals surface area contributed by atoms with Gasteiger partial charge in [0, 0.05) is 5.56 Å². The number of furan rings is 1. The Bertz CT molecular complexity index is 261. The lowest BCUT2D eigenvalue weighted by Crippen LogP contribution is -1.94. The van der Waals surface area contributed by atoms with E-state index >= 15 is 0 Å². The van der Waals surface area contributed by atoms with Crippen LogP contribution in [0.4, 0.5) is 0 Å². The summed E-state index contributed by atoms with van der Waals surface area (Å²) in [4.78, 5) is 0. The second kappa shape index (κ2) is 4.00. The fourth-order valence-electron chi connectivity index (χ4n) is 0.971. The van der Waals surface area contributed by atoms with Crippen molar-refractivity contribution in [2.24, 2.45) is 0 Å². The highest BCUT2D eigenvalue weighted by atomic mass is 16.5. The summed E-state index contributed by atoms with van der Waals surface area (Å²) < 4.78 is 10.6. The van der Waals surface area contributed by atoms with Crippen molar-refractivity contribution in [1.82, 2.24) is 0 Å². The van der Waals surface area contributed by atoms with Gasteiger partial charge in [0.25, 0.3) is 0 Å². The molecule has 1 rings (SSSR count). The van der Waals surface area contributed by atoms with Crippen LogP contribution in [-0.2, 0) is 0 Å². The summed E-state index contributed by atoms with van der Waals surface area (Å²) in [6.45, 7) is 8.41. The van der Waals surface area contributed by atoms with Gasteiger partial charge in [0.15, 0.2) is 5.75 Å². The maximum atomic E-state index is 5.43. The molecule has 12 heavy (non-hydrogen) atoms. The summed E-state index contributed by atoms with van der Waals surface area (Å²) in [5, 5.41) is 0. The summed E-state index contributed by atoms with van der Waals surface area (Å²) in [5.41, 5.74) is 1.03. The van der Waals surface area contributed by atoms with Gasteiger partial charge in [-0.3, -0.25) is 0 Å². The highest BCUT2D eigenvalue weighted by Gasteiger charge is 2.06. The fourth-order valence-corrected chi connectivity index (χ4v) is 0.971. The van der Waals surface area contributed by atoms with Gasteiger partial charge in [-0.1, -0.05) is 13.5 Å². The van der Waals surface area contributed by atoms with Gasteiger partial charge in [0.2, 0.25) is 0 Å². The molecule has 0 aliphatic rings. The molecule has 0 aliphatic carbocycles. The monoisotopic (exact) mass is 166 g/mol. The topological polar surface area (TPSA) is 22.4 Å². The molecule has 0 N–H and O–H groups in total. The normalized spacial score (nSPS) is 9.83. The standard InChI is InChI=1S/C10H14O2/c1-4-6-11-10-7-12-9(5-2)8(10)3/h5,7H,2,4,6H2,1,3H3. The van der Waals surface area contributed by atoms with Gasteiger partial charge in [-0.15, -0.1) is 0 Å². The Morgan fingerprint density at radius 2 is 2.42 bits per heavy atom. The van der Waals surface area contributed by atoms with Gasteiger partial charge in [0.05, 0.1) is 6.61 Å². The molecule has 0 amide bonds. The van der Waals surface area contributed by atoms with E-state index < -0.39 is 0 Å². The Labute approximate surface area is 72.8 Å². The van der Waals surface area contributed by atoms with Crippen LogP contribution in [0.3, 0.4) is 0 Å². The maximum absolute atomic E-state index is 5.43. The number of ether oxygens (including phenoxy) is 1. The van der Waals surface area contributed by atoms with Crippen LogP contribution in [-0.4, -0.2) is 6.61 Å². The minimum absolute atomic E-state index is 0.733. The Morgan fingerprint density at radius 1 is 1.67 bits per heavy atom. The van der Waals surface area contributed by atoms with E-state index in [-0.39, 0.29) is 0 Å². The first-order chi connectivity index (χ1) is 5.79. The molecule has 0 radical (unpaired) electrons. The summed E-state index contributed by atoms with van der Waals surface area (Å²) in [6.07, 6.45) is 4.32. The second-order valence-corrected chi connectivity index (χ2v) is 2.64. The molecular formula is C10H14O2. The summed E-state index contributed by atoms with van der Waals surface area (Å²) in [6, 6.07) is 0. The minimum Gasteiger partial charge on any atom is -0.490 e. The lowest BCUT2D eigenvalue weighted by Gasteiger charge is -2.00. The van der Waals surface area contributed by atoms with Crippen LogP contribution in [0.2, 0.25) is 0 Å². The summed E-state index contributed by atoms with van der Waals surface area (Å²) >= 11 is 0. The Kier molecular flexibility index (Phi) is 2.97. The van der Waals surface area contributed by atoms with Crippen molar-refractivity contribution in [3.05, 3.63) is 24.2 Å². The Balaban J connectivity index is 2.72. The first-order valence-electron chi connectivity index (χ1n) is 4.13. The predicted octanol–water partition coefficient (Wildman–Crippen LogP) is 3.02. The lowest BCUT2D eigenvalue weighted by molar-refractivity contribution is 0.312. The SMILES string of the molecule is C=Cc1occ(OCCC)c1C. The molecule has 2 nitrogen and oxygen atoms in total. The molecule has 0 aliphatic heterocycles. The van der Waals surface area contributed by atoms with E-state index in [0.29, 0.717) is 0 Å². The molecule has 1 heterocycles.